The molecule has 10 heteroatoms. The number of allylic oxidation sites excluding steroid dienone is 1. The molecule has 1 unspecified atom stereocenters. The van der Waals surface area contributed by atoms with E-state index in [4.69, 9.17) is 18.9 Å². The van der Waals surface area contributed by atoms with Gasteiger partial charge in [-0.1, -0.05) is 6.58 Å². The van der Waals surface area contributed by atoms with Gasteiger partial charge in [0.2, 0.25) is 5.91 Å². The summed E-state index contributed by atoms with van der Waals surface area (Å²) in [6, 6.07) is 0. The van der Waals surface area contributed by atoms with Gasteiger partial charge in [-0.15, -0.1) is 0 Å². The highest BCUT2D eigenvalue weighted by atomic mass is 16.5. The van der Waals surface area contributed by atoms with Gasteiger partial charge in [0.05, 0.1) is 39.1 Å². The molecule has 0 aromatic heterocycles. The molecule has 1 atom stereocenters. The highest BCUT2D eigenvalue weighted by molar-refractivity contribution is 5.93. The summed E-state index contributed by atoms with van der Waals surface area (Å²) < 4.78 is 21.7. The van der Waals surface area contributed by atoms with E-state index in [1.165, 1.54) is 6.08 Å². The Labute approximate surface area is 203 Å². The van der Waals surface area contributed by atoms with Crippen LogP contribution in [0.3, 0.4) is 0 Å². The first-order chi connectivity index (χ1) is 16.2. The largest absolute Gasteiger partial charge is 0.382 e. The van der Waals surface area contributed by atoms with Gasteiger partial charge in [0.1, 0.15) is 5.60 Å². The third-order valence-corrected chi connectivity index (χ3v) is 5.23. The van der Waals surface area contributed by atoms with Gasteiger partial charge < -0.3 is 34.5 Å². The fourth-order valence-corrected chi connectivity index (χ4v) is 2.93. The van der Waals surface area contributed by atoms with Crippen LogP contribution in [-0.2, 0) is 33.3 Å². The van der Waals surface area contributed by atoms with Gasteiger partial charge in [0, 0.05) is 44.9 Å². The maximum atomic E-state index is 12.2. The summed E-state index contributed by atoms with van der Waals surface area (Å²) in [5.41, 5.74) is -0.261. The van der Waals surface area contributed by atoms with Crippen molar-refractivity contribution in [1.82, 2.24) is 15.5 Å². The second-order valence-corrected chi connectivity index (χ2v) is 8.44. The van der Waals surface area contributed by atoms with Gasteiger partial charge in [-0.3, -0.25) is 14.4 Å². The number of amides is 3. The number of carbonyl (C=O) groups is 3. The van der Waals surface area contributed by atoms with E-state index in [0.717, 1.165) is 6.42 Å². The van der Waals surface area contributed by atoms with Crippen LogP contribution in [-0.4, -0.2) is 94.1 Å². The van der Waals surface area contributed by atoms with Crippen LogP contribution in [0.1, 0.15) is 40.0 Å². The number of hydrogen-bond donors (Lipinski definition) is 2. The molecule has 0 radical (unpaired) electrons. The van der Waals surface area contributed by atoms with Crippen LogP contribution in [0, 0.1) is 0 Å². The molecule has 0 spiro atoms. The minimum absolute atomic E-state index is 0.0825. The van der Waals surface area contributed by atoms with Crippen molar-refractivity contribution in [2.45, 2.75) is 51.7 Å². The fourth-order valence-electron chi connectivity index (χ4n) is 2.93. The van der Waals surface area contributed by atoms with Crippen LogP contribution in [0.4, 0.5) is 0 Å². The lowest BCUT2D eigenvalue weighted by atomic mass is 10.1. The molecule has 0 aromatic rings. The van der Waals surface area contributed by atoms with Gasteiger partial charge in [0.25, 0.3) is 11.8 Å². The monoisotopic (exact) mass is 483 g/mol. The van der Waals surface area contributed by atoms with Crippen molar-refractivity contribution >= 4 is 17.7 Å². The van der Waals surface area contributed by atoms with Crippen molar-refractivity contribution in [2.24, 2.45) is 0 Å². The Morgan fingerprint density at radius 1 is 1.06 bits per heavy atom. The zero-order valence-electron chi connectivity index (χ0n) is 21.0. The molecule has 0 saturated heterocycles. The Hall–Kier alpha value is -2.27. The fraction of sp³-hybridized carbons (Fsp3) is 0.708. The molecule has 0 aromatic carbocycles. The van der Waals surface area contributed by atoms with Crippen LogP contribution in [0.15, 0.2) is 24.4 Å². The van der Waals surface area contributed by atoms with E-state index in [0.29, 0.717) is 71.2 Å². The molecule has 1 aliphatic rings. The van der Waals surface area contributed by atoms with E-state index >= 15 is 0 Å². The molecule has 0 aliphatic carbocycles. The van der Waals surface area contributed by atoms with Crippen molar-refractivity contribution < 1.29 is 33.3 Å². The number of nitrogens with zero attached hydrogens (tertiary/aromatic N) is 1. The lowest BCUT2D eigenvalue weighted by Crippen LogP contribution is -2.45. The first kappa shape index (κ1) is 29.8. The maximum absolute atomic E-state index is 12.2. The van der Waals surface area contributed by atoms with Gasteiger partial charge in [-0.05, 0) is 39.7 Å². The molecular weight excluding hydrogens is 442 g/mol. The first-order valence-electron chi connectivity index (χ1n) is 11.7. The van der Waals surface area contributed by atoms with Crippen LogP contribution < -0.4 is 10.6 Å². The minimum Gasteiger partial charge on any atom is -0.382 e. The zero-order chi connectivity index (χ0) is 25.4. The van der Waals surface area contributed by atoms with E-state index in [1.807, 2.05) is 6.92 Å². The Morgan fingerprint density at radius 3 is 2.29 bits per heavy atom. The quantitative estimate of drug-likeness (QED) is 0.265. The van der Waals surface area contributed by atoms with Gasteiger partial charge >= 0.3 is 0 Å². The van der Waals surface area contributed by atoms with E-state index in [1.54, 1.807) is 31.9 Å². The van der Waals surface area contributed by atoms with Crippen LogP contribution in [0.25, 0.3) is 0 Å². The number of methoxy groups -OCH3 is 1. The van der Waals surface area contributed by atoms with Gasteiger partial charge in [-0.25, -0.2) is 0 Å². The van der Waals surface area contributed by atoms with E-state index in [2.05, 4.69) is 17.2 Å². The molecule has 0 bridgehead atoms. The SMILES string of the molecule is C=C1C=CC(=O)N1CCCC(=O)NCCOCCOCCNC(=O)C(C)(C)OCCC(C)OC. The Kier molecular flexibility index (Phi) is 14.3. The number of rotatable bonds is 19. The van der Waals surface area contributed by atoms with Crippen molar-refractivity contribution in [3.05, 3.63) is 24.4 Å². The summed E-state index contributed by atoms with van der Waals surface area (Å²) in [6.45, 7) is 12.4. The molecule has 1 heterocycles. The first-order valence-corrected chi connectivity index (χ1v) is 11.7. The Balaban J connectivity index is 1.94. The topological polar surface area (TPSA) is 115 Å². The summed E-state index contributed by atoms with van der Waals surface area (Å²) in [4.78, 5) is 37.2. The maximum Gasteiger partial charge on any atom is 0.251 e. The third-order valence-electron chi connectivity index (χ3n) is 5.23. The van der Waals surface area contributed by atoms with Crippen molar-refractivity contribution in [3.63, 3.8) is 0 Å². The Bertz CT molecular complexity index is 676. The highest BCUT2D eigenvalue weighted by Gasteiger charge is 2.28. The van der Waals surface area contributed by atoms with E-state index < -0.39 is 5.60 Å². The normalized spacial score (nSPS) is 14.5. The summed E-state index contributed by atoms with van der Waals surface area (Å²) in [5, 5.41) is 5.58. The number of ether oxygens (including phenoxy) is 4. The van der Waals surface area contributed by atoms with E-state index in [9.17, 15) is 14.4 Å². The van der Waals surface area contributed by atoms with Gasteiger partial charge in [0.15, 0.2) is 0 Å². The molecular formula is C24H41N3O7. The predicted molar refractivity (Wildman–Crippen MR) is 128 cm³/mol. The summed E-state index contributed by atoms with van der Waals surface area (Å²) in [6.07, 6.45) is 4.85. The number of hydrogen-bond acceptors (Lipinski definition) is 7. The highest BCUT2D eigenvalue weighted by Crippen LogP contribution is 2.13. The molecule has 2 N–H and O–H groups in total. The summed E-state index contributed by atoms with van der Waals surface area (Å²) >= 11 is 0. The standard InChI is InChI=1S/C24H41N3O7/c1-19-8-9-22(29)27(19)13-6-7-21(28)25-11-15-32-17-18-33-16-12-26-23(30)24(3,4)34-14-10-20(2)31-5/h8-9,20H,1,6-7,10-18H2,2-5H3,(H,25,28)(H,26,30). The average Bonchev–Trinajstić information content (AvgIpc) is 3.11. The lowest BCUT2D eigenvalue weighted by molar-refractivity contribution is -0.144. The molecule has 1 rings (SSSR count). The van der Waals surface area contributed by atoms with Gasteiger partial charge in [-0.2, -0.15) is 0 Å². The van der Waals surface area contributed by atoms with E-state index in [-0.39, 0.29) is 23.8 Å². The zero-order valence-corrected chi connectivity index (χ0v) is 21.0. The summed E-state index contributed by atoms with van der Waals surface area (Å²) in [5.74, 6) is -0.368. The Morgan fingerprint density at radius 2 is 1.71 bits per heavy atom. The van der Waals surface area contributed by atoms with Crippen LogP contribution >= 0.6 is 0 Å². The lowest BCUT2D eigenvalue weighted by Gasteiger charge is -2.25. The molecule has 10 nitrogen and oxygen atoms in total. The van der Waals surface area contributed by atoms with Crippen molar-refractivity contribution in [2.75, 3.05) is 59.8 Å². The molecule has 3 amide bonds. The molecule has 0 fully saturated rings. The van der Waals surface area contributed by atoms with Crippen LogP contribution in [0.2, 0.25) is 0 Å². The van der Waals surface area contributed by atoms with Crippen molar-refractivity contribution in [3.8, 4) is 0 Å². The third kappa shape index (κ3) is 12.3. The smallest absolute Gasteiger partial charge is 0.251 e. The minimum atomic E-state index is -0.918. The molecule has 194 valence electrons. The van der Waals surface area contributed by atoms with Crippen LogP contribution in [0.5, 0.6) is 0 Å². The average molecular weight is 484 g/mol. The molecule has 34 heavy (non-hydrogen) atoms. The second-order valence-electron chi connectivity index (χ2n) is 8.44. The summed E-state index contributed by atoms with van der Waals surface area (Å²) in [7, 11) is 1.64. The molecule has 1 aliphatic heterocycles. The second kappa shape index (κ2) is 16.4. The molecule has 0 saturated carbocycles. The predicted octanol–water partition coefficient (Wildman–Crippen LogP) is 1.16. The number of carbonyl (C=O) groups excluding carboxylic acids is 3. The number of nitrogens with one attached hydrogen (secondary N) is 2. The van der Waals surface area contributed by atoms with Crippen molar-refractivity contribution in [1.29, 1.82) is 0 Å².